The molecule has 132 valence electrons. The second-order valence-electron chi connectivity index (χ2n) is 7.96. The van der Waals surface area contributed by atoms with Crippen molar-refractivity contribution in [1.29, 1.82) is 0 Å². The molecule has 0 unspecified atom stereocenters. The summed E-state index contributed by atoms with van der Waals surface area (Å²) in [6, 6.07) is -0.557. The van der Waals surface area contributed by atoms with Crippen molar-refractivity contribution in [3.05, 3.63) is 11.1 Å². The Morgan fingerprint density at radius 1 is 0.958 bits per heavy atom. The van der Waals surface area contributed by atoms with Crippen LogP contribution in [-0.2, 0) is 14.4 Å². The molecule has 0 aromatic heterocycles. The number of hydrogen-bond donors (Lipinski definition) is 0. The molecule has 1 aliphatic heterocycles. The summed E-state index contributed by atoms with van der Waals surface area (Å²) in [6.45, 7) is 3.74. The van der Waals surface area contributed by atoms with E-state index in [1.165, 1.54) is 24.2 Å². The molecule has 2 aliphatic carbocycles. The number of hydrogen-bond acceptors (Lipinski definition) is 3. The first-order valence-electron chi connectivity index (χ1n) is 9.64. The van der Waals surface area contributed by atoms with Gasteiger partial charge in [0.05, 0.1) is 6.04 Å². The highest BCUT2D eigenvalue weighted by atomic mass is 16.2. The number of nitrogens with zero attached hydrogens (tertiary/aromatic N) is 1. The van der Waals surface area contributed by atoms with Gasteiger partial charge in [-0.3, -0.25) is 19.3 Å². The number of carbonyl (C=O) groups is 3. The largest absolute Gasteiger partial charge is 0.297 e. The van der Waals surface area contributed by atoms with Crippen molar-refractivity contribution in [2.45, 2.75) is 84.1 Å². The van der Waals surface area contributed by atoms with Crippen LogP contribution in [0.15, 0.2) is 11.1 Å². The van der Waals surface area contributed by atoms with Crippen molar-refractivity contribution < 1.29 is 14.4 Å². The van der Waals surface area contributed by atoms with Crippen molar-refractivity contribution >= 4 is 17.6 Å². The van der Waals surface area contributed by atoms with Gasteiger partial charge in [-0.1, -0.05) is 46.0 Å². The first-order chi connectivity index (χ1) is 11.5. The first kappa shape index (κ1) is 17.4. The smallest absolute Gasteiger partial charge is 0.257 e. The summed E-state index contributed by atoms with van der Waals surface area (Å²) >= 11 is 0. The molecular formula is C20H29NO3. The number of amides is 2. The summed E-state index contributed by atoms with van der Waals surface area (Å²) in [7, 11) is 0. The van der Waals surface area contributed by atoms with Crippen LogP contribution < -0.4 is 0 Å². The zero-order valence-electron chi connectivity index (χ0n) is 15.0. The van der Waals surface area contributed by atoms with Gasteiger partial charge in [-0.25, -0.2) is 0 Å². The molecule has 4 heteroatoms. The molecule has 0 N–H and O–H groups in total. The summed E-state index contributed by atoms with van der Waals surface area (Å²) in [5.41, 5.74) is 1.38. The Hall–Kier alpha value is -1.45. The van der Waals surface area contributed by atoms with E-state index in [2.05, 4.69) is 0 Å². The third kappa shape index (κ3) is 3.20. The minimum Gasteiger partial charge on any atom is -0.297 e. The lowest BCUT2D eigenvalue weighted by Crippen LogP contribution is -2.48. The van der Waals surface area contributed by atoms with E-state index in [9.17, 15) is 14.4 Å². The maximum Gasteiger partial charge on any atom is 0.257 e. The van der Waals surface area contributed by atoms with Gasteiger partial charge >= 0.3 is 0 Å². The average molecular weight is 331 g/mol. The topological polar surface area (TPSA) is 54.5 Å². The minimum absolute atomic E-state index is 0.0436. The van der Waals surface area contributed by atoms with Crippen molar-refractivity contribution in [3.63, 3.8) is 0 Å². The zero-order valence-corrected chi connectivity index (χ0v) is 15.0. The highest BCUT2D eigenvalue weighted by Crippen LogP contribution is 2.37. The van der Waals surface area contributed by atoms with Crippen molar-refractivity contribution in [1.82, 2.24) is 4.90 Å². The third-order valence-electron chi connectivity index (χ3n) is 5.91. The Bertz CT molecular complexity index is 541. The first-order valence-corrected chi connectivity index (χ1v) is 9.64. The molecule has 1 saturated carbocycles. The zero-order chi connectivity index (χ0) is 17.3. The van der Waals surface area contributed by atoms with E-state index in [0.29, 0.717) is 36.3 Å². The normalized spacial score (nSPS) is 23.9. The molecule has 0 spiro atoms. The maximum absolute atomic E-state index is 12.9. The molecule has 4 nitrogen and oxygen atoms in total. The monoisotopic (exact) mass is 331 g/mol. The summed E-state index contributed by atoms with van der Waals surface area (Å²) < 4.78 is 0. The quantitative estimate of drug-likeness (QED) is 0.720. The second-order valence-corrected chi connectivity index (χ2v) is 7.96. The number of carbonyl (C=O) groups excluding carboxylic acids is 3. The Morgan fingerprint density at radius 3 is 2.00 bits per heavy atom. The fraction of sp³-hybridized carbons (Fsp3) is 0.750. The van der Waals surface area contributed by atoms with Gasteiger partial charge in [0.25, 0.3) is 11.8 Å². The highest BCUT2D eigenvalue weighted by molar-refractivity contribution is 6.21. The van der Waals surface area contributed by atoms with Crippen LogP contribution in [0.1, 0.15) is 78.1 Å². The lowest BCUT2D eigenvalue weighted by Gasteiger charge is -2.32. The standard InChI is InChI=1S/C20H29NO3/c1-13(2)18(22)17(12-14-8-4-3-5-9-14)21-19(23)15-10-6-7-11-16(15)20(21)24/h13-14,17H,3-12H2,1-2H3/t17-/m0/s1. The van der Waals surface area contributed by atoms with E-state index in [-0.39, 0.29) is 23.5 Å². The molecule has 2 amide bonds. The fourth-order valence-electron chi connectivity index (χ4n) is 4.52. The summed E-state index contributed by atoms with van der Waals surface area (Å²) in [5, 5.41) is 0. The predicted octanol–water partition coefficient (Wildman–Crippen LogP) is 3.79. The van der Waals surface area contributed by atoms with Gasteiger partial charge < -0.3 is 0 Å². The molecule has 1 heterocycles. The van der Waals surface area contributed by atoms with Gasteiger partial charge in [-0.15, -0.1) is 0 Å². The molecule has 1 fully saturated rings. The van der Waals surface area contributed by atoms with Crippen molar-refractivity contribution in [2.24, 2.45) is 11.8 Å². The number of imide groups is 1. The third-order valence-corrected chi connectivity index (χ3v) is 5.91. The van der Waals surface area contributed by atoms with Crippen LogP contribution in [0.5, 0.6) is 0 Å². The van der Waals surface area contributed by atoms with Gasteiger partial charge in [0.2, 0.25) is 0 Å². The van der Waals surface area contributed by atoms with E-state index in [4.69, 9.17) is 0 Å². The van der Waals surface area contributed by atoms with E-state index < -0.39 is 6.04 Å². The molecule has 0 aromatic rings. The lowest BCUT2D eigenvalue weighted by atomic mass is 9.82. The average Bonchev–Trinajstić information content (AvgIpc) is 2.85. The van der Waals surface area contributed by atoms with E-state index in [1.54, 1.807) is 0 Å². The summed E-state index contributed by atoms with van der Waals surface area (Å²) in [5.74, 6) is -0.00219. The predicted molar refractivity (Wildman–Crippen MR) is 92.2 cm³/mol. The molecule has 0 aromatic carbocycles. The molecule has 3 aliphatic rings. The second kappa shape index (κ2) is 7.20. The van der Waals surface area contributed by atoms with Crippen LogP contribution in [0.4, 0.5) is 0 Å². The van der Waals surface area contributed by atoms with Crippen LogP contribution in [0.3, 0.4) is 0 Å². The van der Waals surface area contributed by atoms with Crippen LogP contribution in [-0.4, -0.2) is 28.5 Å². The van der Waals surface area contributed by atoms with Crippen molar-refractivity contribution in [2.75, 3.05) is 0 Å². The van der Waals surface area contributed by atoms with Crippen LogP contribution in [0.2, 0.25) is 0 Å². The molecular weight excluding hydrogens is 302 g/mol. The Kier molecular flexibility index (Phi) is 5.21. The highest BCUT2D eigenvalue weighted by Gasteiger charge is 2.45. The van der Waals surface area contributed by atoms with E-state index >= 15 is 0 Å². The number of Topliss-reactive ketones (excluding diaryl/α,β-unsaturated/α-hetero) is 1. The molecule has 1 atom stereocenters. The van der Waals surface area contributed by atoms with E-state index in [1.807, 2.05) is 13.8 Å². The Morgan fingerprint density at radius 2 is 1.50 bits per heavy atom. The summed E-state index contributed by atoms with van der Waals surface area (Å²) in [6.07, 6.45) is 9.88. The van der Waals surface area contributed by atoms with Gasteiger partial charge in [0.1, 0.15) is 0 Å². The lowest BCUT2D eigenvalue weighted by molar-refractivity contribution is -0.147. The van der Waals surface area contributed by atoms with Gasteiger partial charge in [0.15, 0.2) is 5.78 Å². The number of ketones is 1. The Balaban J connectivity index is 1.84. The SMILES string of the molecule is CC(C)C(=O)[C@H](CC1CCCCC1)N1C(=O)C2=C(CCCC2)C1=O. The Labute approximate surface area is 144 Å². The van der Waals surface area contributed by atoms with Gasteiger partial charge in [-0.2, -0.15) is 0 Å². The molecule has 3 rings (SSSR count). The van der Waals surface area contributed by atoms with E-state index in [0.717, 1.165) is 25.7 Å². The minimum atomic E-state index is -0.557. The molecule has 0 saturated heterocycles. The summed E-state index contributed by atoms with van der Waals surface area (Å²) in [4.78, 5) is 39.9. The fourth-order valence-corrected chi connectivity index (χ4v) is 4.52. The van der Waals surface area contributed by atoms with Crippen LogP contribution >= 0.6 is 0 Å². The van der Waals surface area contributed by atoms with Crippen LogP contribution in [0, 0.1) is 11.8 Å². The maximum atomic E-state index is 12.9. The molecule has 24 heavy (non-hydrogen) atoms. The number of rotatable bonds is 5. The molecule has 0 radical (unpaired) electrons. The van der Waals surface area contributed by atoms with Gasteiger partial charge in [-0.05, 0) is 38.0 Å². The van der Waals surface area contributed by atoms with Gasteiger partial charge in [0, 0.05) is 17.1 Å². The van der Waals surface area contributed by atoms with Crippen LogP contribution in [0.25, 0.3) is 0 Å². The molecule has 0 bridgehead atoms. The van der Waals surface area contributed by atoms with Crippen molar-refractivity contribution in [3.8, 4) is 0 Å².